The van der Waals surface area contributed by atoms with Crippen molar-refractivity contribution in [2.75, 3.05) is 7.11 Å². The smallest absolute Gasteiger partial charge is 0.337 e. The molecule has 0 saturated carbocycles. The number of ether oxygens (including phenoxy) is 1. The molecule has 0 spiro atoms. The average Bonchev–Trinajstić information content (AvgIpc) is 2.89. The molecule has 0 aliphatic rings. The number of nitrogens with zero attached hydrogens (tertiary/aromatic N) is 1. The van der Waals surface area contributed by atoms with Crippen molar-refractivity contribution in [3.05, 3.63) is 71.4 Å². The Bertz CT molecular complexity index is 785. The summed E-state index contributed by atoms with van der Waals surface area (Å²) in [4.78, 5) is 11.4. The maximum Gasteiger partial charge on any atom is 0.337 e. The molecule has 3 nitrogen and oxygen atoms in total. The number of carbonyl (C=O) groups is 1. The van der Waals surface area contributed by atoms with Crippen molar-refractivity contribution in [3.63, 3.8) is 0 Å². The maximum atomic E-state index is 11.4. The molecular weight excluding hydrogens is 262 g/mol. The first-order valence-corrected chi connectivity index (χ1v) is 6.90. The van der Waals surface area contributed by atoms with Crippen molar-refractivity contribution in [1.82, 2.24) is 4.57 Å². The number of hydrogen-bond donors (Lipinski definition) is 0. The summed E-state index contributed by atoms with van der Waals surface area (Å²) < 4.78 is 6.92. The molecule has 0 fully saturated rings. The van der Waals surface area contributed by atoms with Gasteiger partial charge in [-0.15, -0.1) is 0 Å². The highest BCUT2D eigenvalue weighted by Crippen LogP contribution is 2.19. The highest BCUT2D eigenvalue weighted by Gasteiger charge is 2.06. The van der Waals surface area contributed by atoms with Crippen molar-refractivity contribution < 1.29 is 9.53 Å². The second-order valence-electron chi connectivity index (χ2n) is 5.19. The van der Waals surface area contributed by atoms with Crippen LogP contribution in [0.5, 0.6) is 0 Å². The largest absolute Gasteiger partial charge is 0.465 e. The first-order valence-electron chi connectivity index (χ1n) is 6.90. The Morgan fingerprint density at radius 2 is 1.86 bits per heavy atom. The van der Waals surface area contributed by atoms with Gasteiger partial charge >= 0.3 is 5.97 Å². The molecule has 0 unspecified atom stereocenters. The van der Waals surface area contributed by atoms with E-state index in [2.05, 4.69) is 42.0 Å². The number of rotatable bonds is 3. The number of aryl methyl sites for hydroxylation is 1. The Balaban J connectivity index is 1.86. The lowest BCUT2D eigenvalue weighted by molar-refractivity contribution is 0.0600. The van der Waals surface area contributed by atoms with Crippen molar-refractivity contribution in [1.29, 1.82) is 0 Å². The maximum absolute atomic E-state index is 11.4. The summed E-state index contributed by atoms with van der Waals surface area (Å²) >= 11 is 0. The molecular formula is C18H17NO2. The fraction of sp³-hybridized carbons (Fsp3) is 0.167. The Morgan fingerprint density at radius 1 is 1.10 bits per heavy atom. The van der Waals surface area contributed by atoms with E-state index in [4.69, 9.17) is 4.74 Å². The number of aromatic nitrogens is 1. The van der Waals surface area contributed by atoms with Gasteiger partial charge in [-0.25, -0.2) is 4.79 Å². The second-order valence-corrected chi connectivity index (χ2v) is 5.19. The normalized spacial score (nSPS) is 10.8. The Labute approximate surface area is 123 Å². The molecule has 0 atom stereocenters. The van der Waals surface area contributed by atoms with Crippen molar-refractivity contribution >= 4 is 16.9 Å². The lowest BCUT2D eigenvalue weighted by Gasteiger charge is -2.07. The van der Waals surface area contributed by atoms with Crippen molar-refractivity contribution in [2.45, 2.75) is 13.5 Å². The molecule has 0 saturated heterocycles. The van der Waals surface area contributed by atoms with Gasteiger partial charge < -0.3 is 9.30 Å². The second kappa shape index (κ2) is 5.44. The minimum absolute atomic E-state index is 0.302. The van der Waals surface area contributed by atoms with E-state index in [9.17, 15) is 4.79 Å². The van der Waals surface area contributed by atoms with Gasteiger partial charge in [0.2, 0.25) is 0 Å². The van der Waals surface area contributed by atoms with Crippen LogP contribution < -0.4 is 0 Å². The minimum Gasteiger partial charge on any atom is -0.465 e. The van der Waals surface area contributed by atoms with Gasteiger partial charge in [-0.1, -0.05) is 23.8 Å². The quantitative estimate of drug-likeness (QED) is 0.683. The van der Waals surface area contributed by atoms with E-state index >= 15 is 0 Å². The SMILES string of the molecule is COC(=O)c1ccc(Cn2ccc3cc(C)ccc32)cc1. The highest BCUT2D eigenvalue weighted by atomic mass is 16.5. The van der Waals surface area contributed by atoms with E-state index in [1.165, 1.54) is 23.6 Å². The molecule has 1 heterocycles. The molecule has 0 aliphatic heterocycles. The first kappa shape index (κ1) is 13.4. The summed E-state index contributed by atoms with van der Waals surface area (Å²) in [5.74, 6) is -0.302. The zero-order valence-electron chi connectivity index (χ0n) is 12.2. The van der Waals surface area contributed by atoms with E-state index in [0.717, 1.165) is 12.1 Å². The molecule has 21 heavy (non-hydrogen) atoms. The summed E-state index contributed by atoms with van der Waals surface area (Å²) in [6, 6.07) is 16.1. The van der Waals surface area contributed by atoms with Gasteiger partial charge in [0.05, 0.1) is 12.7 Å². The molecule has 106 valence electrons. The highest BCUT2D eigenvalue weighted by molar-refractivity contribution is 5.89. The molecule has 3 rings (SSSR count). The molecule has 2 aromatic carbocycles. The van der Waals surface area contributed by atoms with Crippen molar-refractivity contribution in [3.8, 4) is 0 Å². The van der Waals surface area contributed by atoms with Crippen LogP contribution in [-0.2, 0) is 11.3 Å². The fourth-order valence-electron chi connectivity index (χ4n) is 2.52. The average molecular weight is 279 g/mol. The van der Waals surface area contributed by atoms with E-state index in [-0.39, 0.29) is 5.97 Å². The molecule has 0 N–H and O–H groups in total. The minimum atomic E-state index is -0.302. The summed E-state index contributed by atoms with van der Waals surface area (Å²) in [5, 5.41) is 1.25. The predicted molar refractivity (Wildman–Crippen MR) is 83.6 cm³/mol. The van der Waals surface area contributed by atoms with Crippen molar-refractivity contribution in [2.24, 2.45) is 0 Å². The van der Waals surface area contributed by atoms with Crippen LogP contribution in [0.2, 0.25) is 0 Å². The van der Waals surface area contributed by atoms with E-state index in [0.29, 0.717) is 5.56 Å². The van der Waals surface area contributed by atoms with Gasteiger partial charge in [0.1, 0.15) is 0 Å². The Kier molecular flexibility index (Phi) is 3.48. The zero-order chi connectivity index (χ0) is 14.8. The van der Waals surface area contributed by atoms with Crippen LogP contribution in [0.3, 0.4) is 0 Å². The van der Waals surface area contributed by atoms with Crippen LogP contribution in [0, 0.1) is 6.92 Å². The molecule has 0 bridgehead atoms. The van der Waals surface area contributed by atoms with Gasteiger partial charge in [-0.3, -0.25) is 0 Å². The summed E-state index contributed by atoms with van der Waals surface area (Å²) in [5.41, 5.74) is 4.22. The number of fused-ring (bicyclic) bond motifs is 1. The number of benzene rings is 2. The molecule has 0 radical (unpaired) electrons. The lowest BCUT2D eigenvalue weighted by Crippen LogP contribution is -2.02. The molecule has 3 heteroatoms. The molecule has 1 aromatic heterocycles. The fourth-order valence-corrected chi connectivity index (χ4v) is 2.52. The predicted octanol–water partition coefficient (Wildman–Crippen LogP) is 3.78. The van der Waals surface area contributed by atoms with Crippen LogP contribution in [0.15, 0.2) is 54.7 Å². The van der Waals surface area contributed by atoms with Crippen LogP contribution in [0.4, 0.5) is 0 Å². The standard InChI is InChI=1S/C18H17NO2/c1-13-3-8-17-16(11-13)9-10-19(17)12-14-4-6-15(7-5-14)18(20)21-2/h3-11H,12H2,1-2H3. The van der Waals surface area contributed by atoms with Gasteiger partial charge in [0.25, 0.3) is 0 Å². The first-order chi connectivity index (χ1) is 10.2. The topological polar surface area (TPSA) is 31.2 Å². The zero-order valence-corrected chi connectivity index (χ0v) is 12.2. The van der Waals surface area contributed by atoms with Crippen LogP contribution in [0.25, 0.3) is 10.9 Å². The van der Waals surface area contributed by atoms with Gasteiger partial charge in [0, 0.05) is 18.3 Å². The Hall–Kier alpha value is -2.55. The molecule has 0 aliphatic carbocycles. The number of carbonyl (C=O) groups excluding carboxylic acids is 1. The van der Waals surface area contributed by atoms with Crippen LogP contribution in [0.1, 0.15) is 21.5 Å². The van der Waals surface area contributed by atoms with Gasteiger partial charge in [-0.05, 0) is 48.2 Å². The van der Waals surface area contributed by atoms with Gasteiger partial charge in [0.15, 0.2) is 0 Å². The number of methoxy groups -OCH3 is 1. The van der Waals surface area contributed by atoms with E-state index < -0.39 is 0 Å². The molecule has 0 amide bonds. The van der Waals surface area contributed by atoms with E-state index in [1.807, 2.05) is 12.1 Å². The number of hydrogen-bond acceptors (Lipinski definition) is 2. The third-order valence-corrected chi connectivity index (χ3v) is 3.65. The van der Waals surface area contributed by atoms with Gasteiger partial charge in [-0.2, -0.15) is 0 Å². The lowest BCUT2D eigenvalue weighted by atomic mass is 10.1. The summed E-state index contributed by atoms with van der Waals surface area (Å²) in [6.07, 6.45) is 2.10. The third-order valence-electron chi connectivity index (χ3n) is 3.65. The Morgan fingerprint density at radius 3 is 2.57 bits per heavy atom. The monoisotopic (exact) mass is 279 g/mol. The van der Waals surface area contributed by atoms with Crippen LogP contribution >= 0.6 is 0 Å². The van der Waals surface area contributed by atoms with Crippen LogP contribution in [-0.4, -0.2) is 17.6 Å². The summed E-state index contributed by atoms with van der Waals surface area (Å²) in [7, 11) is 1.39. The third kappa shape index (κ3) is 2.68. The van der Waals surface area contributed by atoms with E-state index in [1.54, 1.807) is 12.1 Å². The number of esters is 1. The summed E-state index contributed by atoms with van der Waals surface area (Å²) in [6.45, 7) is 2.89. The molecule has 3 aromatic rings.